The smallest absolute Gasteiger partial charge is 0.339 e. The van der Waals surface area contributed by atoms with Crippen LogP contribution in [-0.4, -0.2) is 44.0 Å². The van der Waals surface area contributed by atoms with Crippen molar-refractivity contribution in [3.8, 4) is 5.75 Å². The van der Waals surface area contributed by atoms with Crippen LogP contribution < -0.4 is 10.1 Å². The summed E-state index contributed by atoms with van der Waals surface area (Å²) in [5.74, 6) is -0.571. The Kier molecular flexibility index (Phi) is 6.92. The lowest BCUT2D eigenvalue weighted by atomic mass is 10.2. The van der Waals surface area contributed by atoms with E-state index < -0.39 is 5.97 Å². The molecule has 106 valence electrons. The van der Waals surface area contributed by atoms with Crippen LogP contribution in [0.5, 0.6) is 5.75 Å². The molecule has 5 nitrogen and oxygen atoms in total. The van der Waals surface area contributed by atoms with Crippen molar-refractivity contribution in [3.05, 3.63) is 29.8 Å². The molecule has 2 N–H and O–H groups in total. The number of carbonyl (C=O) groups is 1. The summed E-state index contributed by atoms with van der Waals surface area (Å²) in [4.78, 5) is 11.0. The number of hydrogen-bond acceptors (Lipinski definition) is 4. The minimum Gasteiger partial charge on any atom is -0.491 e. The van der Waals surface area contributed by atoms with Crippen LogP contribution in [0.3, 0.4) is 0 Å². The summed E-state index contributed by atoms with van der Waals surface area (Å²) < 4.78 is 10.5. The standard InChI is InChI=1S/C14H21NO4/c1-11(7-9-18-2)15-8-10-19-13-6-4-3-5-12(13)14(16)17/h3-6,11,15H,7-10H2,1-2H3,(H,16,17). The van der Waals surface area contributed by atoms with Gasteiger partial charge in [0, 0.05) is 26.3 Å². The monoisotopic (exact) mass is 267 g/mol. The molecule has 1 aromatic carbocycles. The number of nitrogens with one attached hydrogen (secondary N) is 1. The van der Waals surface area contributed by atoms with Crippen LogP contribution in [0.4, 0.5) is 0 Å². The number of carboxylic acid groups (broad SMARTS) is 1. The average molecular weight is 267 g/mol. The lowest BCUT2D eigenvalue weighted by Crippen LogP contribution is -2.31. The fourth-order valence-electron chi connectivity index (χ4n) is 1.63. The summed E-state index contributed by atoms with van der Waals surface area (Å²) >= 11 is 0. The maximum Gasteiger partial charge on any atom is 0.339 e. The third-order valence-corrected chi connectivity index (χ3v) is 2.72. The molecule has 1 unspecified atom stereocenters. The molecule has 0 aromatic heterocycles. The fraction of sp³-hybridized carbons (Fsp3) is 0.500. The second-order valence-electron chi connectivity index (χ2n) is 4.29. The first-order valence-electron chi connectivity index (χ1n) is 6.32. The van der Waals surface area contributed by atoms with E-state index in [2.05, 4.69) is 12.2 Å². The van der Waals surface area contributed by atoms with Gasteiger partial charge in [0.05, 0.1) is 0 Å². The molecule has 0 radical (unpaired) electrons. The SMILES string of the molecule is COCCC(C)NCCOc1ccccc1C(=O)O. The van der Waals surface area contributed by atoms with Gasteiger partial charge in [0.2, 0.25) is 0 Å². The minimum absolute atomic E-state index is 0.190. The van der Waals surface area contributed by atoms with E-state index in [1.807, 2.05) is 0 Å². The number of carboxylic acids is 1. The van der Waals surface area contributed by atoms with Crippen molar-refractivity contribution < 1.29 is 19.4 Å². The third-order valence-electron chi connectivity index (χ3n) is 2.72. The first-order chi connectivity index (χ1) is 9.15. The molecule has 0 heterocycles. The normalized spacial score (nSPS) is 12.1. The van der Waals surface area contributed by atoms with Gasteiger partial charge in [0.1, 0.15) is 17.9 Å². The molecule has 0 saturated carbocycles. The van der Waals surface area contributed by atoms with Crippen LogP contribution in [0.2, 0.25) is 0 Å². The zero-order valence-corrected chi connectivity index (χ0v) is 11.4. The maximum atomic E-state index is 11.0. The summed E-state index contributed by atoms with van der Waals surface area (Å²) in [6.45, 7) is 3.89. The first kappa shape index (κ1) is 15.5. The Hall–Kier alpha value is -1.59. The highest BCUT2D eigenvalue weighted by atomic mass is 16.5. The van der Waals surface area contributed by atoms with Crippen molar-refractivity contribution in [2.24, 2.45) is 0 Å². The van der Waals surface area contributed by atoms with Gasteiger partial charge in [-0.1, -0.05) is 12.1 Å². The van der Waals surface area contributed by atoms with Crippen LogP contribution in [0.25, 0.3) is 0 Å². The first-order valence-corrected chi connectivity index (χ1v) is 6.32. The maximum absolute atomic E-state index is 11.0. The van der Waals surface area contributed by atoms with E-state index in [-0.39, 0.29) is 5.56 Å². The highest BCUT2D eigenvalue weighted by molar-refractivity contribution is 5.90. The summed E-state index contributed by atoms with van der Waals surface area (Å²) in [7, 11) is 1.68. The van der Waals surface area contributed by atoms with Gasteiger partial charge in [-0.15, -0.1) is 0 Å². The van der Waals surface area contributed by atoms with Gasteiger partial charge in [-0.3, -0.25) is 0 Å². The van der Waals surface area contributed by atoms with E-state index in [4.69, 9.17) is 14.6 Å². The van der Waals surface area contributed by atoms with Gasteiger partial charge in [-0.05, 0) is 25.5 Å². The van der Waals surface area contributed by atoms with Crippen LogP contribution in [0.1, 0.15) is 23.7 Å². The topological polar surface area (TPSA) is 67.8 Å². The molecule has 19 heavy (non-hydrogen) atoms. The van der Waals surface area contributed by atoms with E-state index in [9.17, 15) is 4.79 Å². The highest BCUT2D eigenvalue weighted by Crippen LogP contribution is 2.17. The van der Waals surface area contributed by atoms with Gasteiger partial charge in [-0.2, -0.15) is 0 Å². The van der Waals surface area contributed by atoms with Crippen LogP contribution >= 0.6 is 0 Å². The van der Waals surface area contributed by atoms with Gasteiger partial charge >= 0.3 is 5.97 Å². The Morgan fingerprint density at radius 2 is 2.11 bits per heavy atom. The molecule has 0 saturated heterocycles. The minimum atomic E-state index is -0.975. The number of benzene rings is 1. The van der Waals surface area contributed by atoms with Crippen LogP contribution in [-0.2, 0) is 4.74 Å². The summed E-state index contributed by atoms with van der Waals surface area (Å²) in [6.07, 6.45) is 0.933. The molecular weight excluding hydrogens is 246 g/mol. The summed E-state index contributed by atoms with van der Waals surface area (Å²) in [5.41, 5.74) is 0.190. The molecular formula is C14H21NO4. The quantitative estimate of drug-likeness (QED) is 0.667. The Morgan fingerprint density at radius 1 is 1.37 bits per heavy atom. The van der Waals surface area contributed by atoms with E-state index in [1.54, 1.807) is 25.3 Å². The number of para-hydroxylation sites is 1. The number of ether oxygens (including phenoxy) is 2. The molecule has 0 bridgehead atoms. The lowest BCUT2D eigenvalue weighted by molar-refractivity contribution is 0.0692. The Bertz CT molecular complexity index is 395. The van der Waals surface area contributed by atoms with E-state index in [0.717, 1.165) is 13.0 Å². The second kappa shape index (κ2) is 8.50. The molecule has 0 aliphatic carbocycles. The van der Waals surface area contributed by atoms with Crippen LogP contribution in [0.15, 0.2) is 24.3 Å². The fourth-order valence-corrected chi connectivity index (χ4v) is 1.63. The predicted octanol–water partition coefficient (Wildman–Crippen LogP) is 1.78. The summed E-state index contributed by atoms with van der Waals surface area (Å²) in [6, 6.07) is 6.99. The number of hydrogen-bond donors (Lipinski definition) is 2. The number of methoxy groups -OCH3 is 1. The molecule has 0 spiro atoms. The number of rotatable bonds is 9. The van der Waals surface area contributed by atoms with E-state index >= 15 is 0 Å². The van der Waals surface area contributed by atoms with Gasteiger partial charge < -0.3 is 19.9 Å². The zero-order valence-electron chi connectivity index (χ0n) is 11.4. The largest absolute Gasteiger partial charge is 0.491 e. The predicted molar refractivity (Wildman–Crippen MR) is 72.9 cm³/mol. The molecule has 5 heteroatoms. The zero-order chi connectivity index (χ0) is 14.1. The molecule has 1 rings (SSSR count). The number of aromatic carboxylic acids is 1. The molecule has 0 aliphatic heterocycles. The van der Waals surface area contributed by atoms with Crippen molar-refractivity contribution in [3.63, 3.8) is 0 Å². The third kappa shape index (κ3) is 5.72. The van der Waals surface area contributed by atoms with Crippen molar-refractivity contribution in [2.75, 3.05) is 26.9 Å². The van der Waals surface area contributed by atoms with Gasteiger partial charge in [-0.25, -0.2) is 4.79 Å². The molecule has 1 aromatic rings. The Morgan fingerprint density at radius 3 is 2.79 bits per heavy atom. The van der Waals surface area contributed by atoms with Gasteiger partial charge in [0.25, 0.3) is 0 Å². The van der Waals surface area contributed by atoms with Crippen LogP contribution in [0, 0.1) is 0 Å². The lowest BCUT2D eigenvalue weighted by Gasteiger charge is -2.14. The van der Waals surface area contributed by atoms with E-state index in [1.165, 1.54) is 6.07 Å². The van der Waals surface area contributed by atoms with Gasteiger partial charge in [0.15, 0.2) is 0 Å². The molecule has 0 fully saturated rings. The molecule has 1 atom stereocenters. The molecule has 0 aliphatic rings. The van der Waals surface area contributed by atoms with Crippen molar-refractivity contribution >= 4 is 5.97 Å². The average Bonchev–Trinajstić information content (AvgIpc) is 2.41. The van der Waals surface area contributed by atoms with Crippen molar-refractivity contribution in [1.29, 1.82) is 0 Å². The second-order valence-corrected chi connectivity index (χ2v) is 4.29. The summed E-state index contributed by atoms with van der Waals surface area (Å²) in [5, 5.41) is 12.3. The van der Waals surface area contributed by atoms with Crippen molar-refractivity contribution in [2.45, 2.75) is 19.4 Å². The van der Waals surface area contributed by atoms with Crippen molar-refractivity contribution in [1.82, 2.24) is 5.32 Å². The highest BCUT2D eigenvalue weighted by Gasteiger charge is 2.09. The van der Waals surface area contributed by atoms with E-state index in [0.29, 0.717) is 24.9 Å². The Balaban J connectivity index is 2.31. The molecule has 0 amide bonds. The Labute approximate surface area is 113 Å².